The fourth-order valence-corrected chi connectivity index (χ4v) is 1.91. The standard InChI is InChI=1S/C12H13N3O3/c1-8(16)13-5-4-9-7-15(14-18)12-3-2-10(17)6-11(9)12/h2-3,6-7,17H,4-5H2,1H3,(H,13,16). The average Bonchev–Trinajstić information content (AvgIpc) is 2.66. The summed E-state index contributed by atoms with van der Waals surface area (Å²) in [6.45, 7) is 1.92. The van der Waals surface area contributed by atoms with Gasteiger partial charge in [0.2, 0.25) is 5.91 Å². The lowest BCUT2D eigenvalue weighted by atomic mass is 10.1. The minimum atomic E-state index is -0.102. The average molecular weight is 247 g/mol. The van der Waals surface area contributed by atoms with E-state index in [2.05, 4.69) is 10.6 Å². The Balaban J connectivity index is 2.34. The van der Waals surface area contributed by atoms with Gasteiger partial charge in [-0.3, -0.25) is 4.79 Å². The van der Waals surface area contributed by atoms with Gasteiger partial charge in [0.1, 0.15) is 5.75 Å². The molecular formula is C12H13N3O3. The lowest BCUT2D eigenvalue weighted by molar-refractivity contribution is -0.118. The Morgan fingerprint density at radius 1 is 1.50 bits per heavy atom. The molecule has 1 heterocycles. The highest BCUT2D eigenvalue weighted by Crippen LogP contribution is 2.25. The van der Waals surface area contributed by atoms with E-state index >= 15 is 0 Å². The number of nitrogens with one attached hydrogen (secondary N) is 1. The first-order valence-electron chi connectivity index (χ1n) is 5.53. The number of nitroso groups, excluding NO2 is 1. The van der Waals surface area contributed by atoms with Gasteiger partial charge in [0.05, 0.1) is 10.8 Å². The molecule has 0 aliphatic carbocycles. The summed E-state index contributed by atoms with van der Waals surface area (Å²) in [5.74, 6) is 0.0297. The predicted molar refractivity (Wildman–Crippen MR) is 67.2 cm³/mol. The van der Waals surface area contributed by atoms with Gasteiger partial charge in [-0.1, -0.05) is 0 Å². The molecule has 2 rings (SSSR count). The first-order valence-corrected chi connectivity index (χ1v) is 5.53. The molecule has 94 valence electrons. The highest BCUT2D eigenvalue weighted by Gasteiger charge is 2.09. The summed E-state index contributed by atoms with van der Waals surface area (Å²) < 4.78 is 1.22. The second-order valence-electron chi connectivity index (χ2n) is 4.01. The molecule has 0 saturated carbocycles. The Bertz CT molecular complexity index is 604. The minimum Gasteiger partial charge on any atom is -0.508 e. The van der Waals surface area contributed by atoms with Gasteiger partial charge in [-0.05, 0) is 30.2 Å². The van der Waals surface area contributed by atoms with Crippen molar-refractivity contribution >= 4 is 16.8 Å². The normalized spacial score (nSPS) is 10.5. The second-order valence-corrected chi connectivity index (χ2v) is 4.01. The summed E-state index contributed by atoms with van der Waals surface area (Å²) in [5, 5.41) is 15.8. The van der Waals surface area contributed by atoms with Crippen LogP contribution < -0.4 is 5.32 Å². The third-order valence-corrected chi connectivity index (χ3v) is 2.71. The Hall–Kier alpha value is -2.37. The predicted octanol–water partition coefficient (Wildman–Crippen LogP) is 1.56. The number of aromatic hydroxyl groups is 1. The summed E-state index contributed by atoms with van der Waals surface area (Å²) >= 11 is 0. The summed E-state index contributed by atoms with van der Waals surface area (Å²) in [6.07, 6.45) is 2.18. The molecular weight excluding hydrogens is 234 g/mol. The lowest BCUT2D eigenvalue weighted by Crippen LogP contribution is -2.22. The van der Waals surface area contributed by atoms with E-state index < -0.39 is 0 Å². The monoisotopic (exact) mass is 247 g/mol. The number of phenols is 1. The van der Waals surface area contributed by atoms with Crippen molar-refractivity contribution in [1.82, 2.24) is 9.99 Å². The molecule has 1 amide bonds. The fraction of sp³-hybridized carbons (Fsp3) is 0.250. The number of hydrogen-bond acceptors (Lipinski definition) is 4. The van der Waals surface area contributed by atoms with Crippen molar-refractivity contribution in [1.29, 1.82) is 0 Å². The molecule has 2 aromatic rings. The molecule has 0 atom stereocenters. The molecule has 0 aliphatic rings. The maximum Gasteiger partial charge on any atom is 0.216 e. The van der Waals surface area contributed by atoms with Gasteiger partial charge >= 0.3 is 0 Å². The van der Waals surface area contributed by atoms with Crippen molar-refractivity contribution in [2.45, 2.75) is 13.3 Å². The van der Waals surface area contributed by atoms with Crippen LogP contribution in [-0.4, -0.2) is 22.2 Å². The number of nitrogens with zero attached hydrogens (tertiary/aromatic N) is 2. The van der Waals surface area contributed by atoms with Crippen LogP contribution in [0.2, 0.25) is 0 Å². The first-order chi connectivity index (χ1) is 8.61. The zero-order chi connectivity index (χ0) is 13.1. The number of fused-ring (bicyclic) bond motifs is 1. The number of rotatable bonds is 4. The minimum absolute atomic E-state index is 0.102. The summed E-state index contributed by atoms with van der Waals surface area (Å²) in [6, 6.07) is 4.72. The van der Waals surface area contributed by atoms with E-state index in [1.165, 1.54) is 17.7 Å². The van der Waals surface area contributed by atoms with Crippen LogP contribution in [0, 0.1) is 4.91 Å². The molecule has 0 radical (unpaired) electrons. The summed E-state index contributed by atoms with van der Waals surface area (Å²) in [5.41, 5.74) is 1.50. The molecule has 0 saturated heterocycles. The smallest absolute Gasteiger partial charge is 0.216 e. The largest absolute Gasteiger partial charge is 0.508 e. The highest BCUT2D eigenvalue weighted by molar-refractivity contribution is 5.85. The molecule has 6 nitrogen and oxygen atoms in total. The number of aromatic nitrogens is 1. The molecule has 1 aromatic carbocycles. The number of carbonyl (C=O) groups is 1. The molecule has 18 heavy (non-hydrogen) atoms. The summed E-state index contributed by atoms with van der Waals surface area (Å²) in [4.78, 5) is 21.5. The van der Waals surface area contributed by atoms with Gasteiger partial charge in [-0.15, -0.1) is 4.91 Å². The first kappa shape index (κ1) is 12.1. The van der Waals surface area contributed by atoms with E-state index in [1.54, 1.807) is 18.3 Å². The van der Waals surface area contributed by atoms with Crippen LogP contribution in [0.3, 0.4) is 0 Å². The molecule has 0 bridgehead atoms. The van der Waals surface area contributed by atoms with Gasteiger partial charge in [0.15, 0.2) is 0 Å². The number of phenolic OH excluding ortho intramolecular Hbond substituents is 1. The lowest BCUT2D eigenvalue weighted by Gasteiger charge is -2.01. The molecule has 0 spiro atoms. The van der Waals surface area contributed by atoms with Gasteiger partial charge in [0, 0.05) is 25.1 Å². The molecule has 0 aliphatic heterocycles. The van der Waals surface area contributed by atoms with Crippen LogP contribution >= 0.6 is 0 Å². The second kappa shape index (κ2) is 4.87. The van der Waals surface area contributed by atoms with Crippen LogP contribution in [-0.2, 0) is 11.2 Å². The van der Waals surface area contributed by atoms with Gasteiger partial charge in [-0.2, -0.15) is 0 Å². The van der Waals surface area contributed by atoms with E-state index in [0.717, 1.165) is 10.9 Å². The number of carbonyl (C=O) groups excluding carboxylic acids is 1. The van der Waals surface area contributed by atoms with E-state index in [-0.39, 0.29) is 11.7 Å². The Morgan fingerprint density at radius 3 is 2.94 bits per heavy atom. The molecule has 6 heteroatoms. The topological polar surface area (TPSA) is 83.7 Å². The van der Waals surface area contributed by atoms with Crippen LogP contribution in [0.5, 0.6) is 5.75 Å². The zero-order valence-electron chi connectivity index (χ0n) is 9.88. The van der Waals surface area contributed by atoms with E-state index in [4.69, 9.17) is 0 Å². The molecule has 2 N–H and O–H groups in total. The van der Waals surface area contributed by atoms with Crippen LogP contribution in [0.4, 0.5) is 0 Å². The van der Waals surface area contributed by atoms with E-state index in [9.17, 15) is 14.8 Å². The third kappa shape index (κ3) is 2.32. The Morgan fingerprint density at radius 2 is 2.28 bits per heavy atom. The zero-order valence-corrected chi connectivity index (χ0v) is 9.88. The number of amides is 1. The van der Waals surface area contributed by atoms with Crippen molar-refractivity contribution in [3.05, 3.63) is 34.9 Å². The van der Waals surface area contributed by atoms with Crippen molar-refractivity contribution in [2.75, 3.05) is 6.54 Å². The van der Waals surface area contributed by atoms with E-state index in [1.807, 2.05) is 0 Å². The van der Waals surface area contributed by atoms with Crippen LogP contribution in [0.15, 0.2) is 29.7 Å². The highest BCUT2D eigenvalue weighted by atomic mass is 16.3. The third-order valence-electron chi connectivity index (χ3n) is 2.71. The molecule has 0 unspecified atom stereocenters. The maximum atomic E-state index is 10.8. The Kier molecular flexibility index (Phi) is 3.27. The van der Waals surface area contributed by atoms with E-state index in [0.29, 0.717) is 18.5 Å². The molecule has 0 fully saturated rings. The van der Waals surface area contributed by atoms with Crippen molar-refractivity contribution in [3.8, 4) is 5.75 Å². The van der Waals surface area contributed by atoms with Gasteiger partial charge in [-0.25, -0.2) is 4.68 Å². The SMILES string of the molecule is CC(=O)NCCc1cn(N=O)c2ccc(O)cc12. The van der Waals surface area contributed by atoms with Gasteiger partial charge in [0.25, 0.3) is 0 Å². The maximum absolute atomic E-state index is 10.8. The number of benzene rings is 1. The van der Waals surface area contributed by atoms with Crippen LogP contribution in [0.1, 0.15) is 12.5 Å². The quantitative estimate of drug-likeness (QED) is 0.804. The van der Waals surface area contributed by atoms with Crippen molar-refractivity contribution in [2.24, 2.45) is 5.29 Å². The number of hydrogen-bond donors (Lipinski definition) is 2. The van der Waals surface area contributed by atoms with Gasteiger partial charge < -0.3 is 10.4 Å². The van der Waals surface area contributed by atoms with Crippen molar-refractivity contribution in [3.63, 3.8) is 0 Å². The fourth-order valence-electron chi connectivity index (χ4n) is 1.91. The van der Waals surface area contributed by atoms with Crippen LogP contribution in [0.25, 0.3) is 10.9 Å². The molecule has 1 aromatic heterocycles. The Labute approximate surface area is 103 Å². The summed E-state index contributed by atoms with van der Waals surface area (Å²) in [7, 11) is 0. The van der Waals surface area contributed by atoms with Crippen molar-refractivity contribution < 1.29 is 9.90 Å².